The van der Waals surface area contributed by atoms with Crippen molar-refractivity contribution in [1.29, 1.82) is 0 Å². The maximum Gasteiger partial charge on any atom is 0.263 e. The van der Waals surface area contributed by atoms with Crippen LogP contribution in [-0.4, -0.2) is 41.4 Å². The molecule has 0 aromatic heterocycles. The quantitative estimate of drug-likeness (QED) is 0.716. The van der Waals surface area contributed by atoms with E-state index in [-0.39, 0.29) is 12.5 Å². The zero-order valence-corrected chi connectivity index (χ0v) is 17.4. The molecule has 2 aromatic carbocycles. The van der Waals surface area contributed by atoms with Gasteiger partial charge in [0.2, 0.25) is 5.91 Å². The highest BCUT2D eigenvalue weighted by atomic mass is 79.9. The maximum atomic E-state index is 12.9. The monoisotopic (exact) mass is 455 g/mol. The predicted octanol–water partition coefficient (Wildman–Crippen LogP) is 3.00. The minimum Gasteiger partial charge on any atom is -0.324 e. The van der Waals surface area contributed by atoms with Gasteiger partial charge in [-0.3, -0.25) is 19.4 Å². The van der Waals surface area contributed by atoms with Crippen molar-refractivity contribution in [3.05, 3.63) is 58.1 Å². The van der Waals surface area contributed by atoms with Crippen LogP contribution in [0.25, 0.3) is 0 Å². The molecule has 3 amide bonds. The highest BCUT2D eigenvalue weighted by molar-refractivity contribution is 9.10. The second-order valence-electron chi connectivity index (χ2n) is 6.98. The van der Waals surface area contributed by atoms with Crippen LogP contribution in [0.5, 0.6) is 0 Å². The average Bonchev–Trinajstić information content (AvgIpc) is 3.20. The molecule has 2 heterocycles. The summed E-state index contributed by atoms with van der Waals surface area (Å²) in [7, 11) is 0. The number of fused-ring (bicyclic) bond motifs is 1. The van der Waals surface area contributed by atoms with Gasteiger partial charge in [0.15, 0.2) is 12.1 Å². The third-order valence-electron chi connectivity index (χ3n) is 5.13. The lowest BCUT2D eigenvalue weighted by atomic mass is 10.1. The number of imide groups is 1. The molecule has 2 atom stereocenters. The van der Waals surface area contributed by atoms with Gasteiger partial charge in [-0.05, 0) is 55.3 Å². The SMILES string of the molecule is Cc1cccc(NC(=O)CN2N=N[C@@H]3C(=O)N(c4ccc(Br)cc4)C(=O)[C@H]32)c1C. The first-order valence-corrected chi connectivity index (χ1v) is 9.83. The van der Waals surface area contributed by atoms with Crippen LogP contribution in [0, 0.1) is 13.8 Å². The fraction of sp³-hybridized carbons (Fsp3) is 0.250. The summed E-state index contributed by atoms with van der Waals surface area (Å²) in [6.07, 6.45) is 0. The van der Waals surface area contributed by atoms with Crippen LogP contribution in [0.3, 0.4) is 0 Å². The lowest BCUT2D eigenvalue weighted by Crippen LogP contribution is -2.43. The van der Waals surface area contributed by atoms with Gasteiger partial charge in [-0.25, -0.2) is 4.90 Å². The summed E-state index contributed by atoms with van der Waals surface area (Å²) in [6.45, 7) is 3.71. The lowest BCUT2D eigenvalue weighted by molar-refractivity contribution is -0.123. The van der Waals surface area contributed by atoms with Gasteiger partial charge in [0.1, 0.15) is 6.54 Å². The first-order valence-electron chi connectivity index (χ1n) is 9.03. The van der Waals surface area contributed by atoms with Gasteiger partial charge in [-0.1, -0.05) is 33.3 Å². The number of hydrogen-bond acceptors (Lipinski definition) is 6. The van der Waals surface area contributed by atoms with E-state index < -0.39 is 23.9 Å². The first kappa shape index (κ1) is 19.3. The van der Waals surface area contributed by atoms with Crippen molar-refractivity contribution in [1.82, 2.24) is 5.01 Å². The van der Waals surface area contributed by atoms with Crippen molar-refractivity contribution in [2.24, 2.45) is 10.3 Å². The number of anilines is 2. The highest BCUT2D eigenvalue weighted by Gasteiger charge is 2.55. The molecule has 8 nitrogen and oxygen atoms in total. The van der Waals surface area contributed by atoms with Crippen LogP contribution in [0.1, 0.15) is 11.1 Å². The Bertz CT molecular complexity index is 1040. The van der Waals surface area contributed by atoms with Gasteiger partial charge in [0, 0.05) is 10.2 Å². The molecule has 2 aliphatic heterocycles. The molecule has 9 heteroatoms. The largest absolute Gasteiger partial charge is 0.324 e. The van der Waals surface area contributed by atoms with Crippen LogP contribution >= 0.6 is 15.9 Å². The molecule has 1 N–H and O–H groups in total. The van der Waals surface area contributed by atoms with Gasteiger partial charge in [0.05, 0.1) is 5.69 Å². The molecule has 0 aliphatic carbocycles. The van der Waals surface area contributed by atoms with Crippen molar-refractivity contribution in [2.75, 3.05) is 16.8 Å². The van der Waals surface area contributed by atoms with Crippen LogP contribution in [0.15, 0.2) is 57.3 Å². The Hall–Kier alpha value is -3.07. The highest BCUT2D eigenvalue weighted by Crippen LogP contribution is 2.32. The van der Waals surface area contributed by atoms with Crippen molar-refractivity contribution >= 4 is 45.0 Å². The van der Waals surface area contributed by atoms with Crippen molar-refractivity contribution in [2.45, 2.75) is 25.9 Å². The van der Waals surface area contributed by atoms with E-state index in [0.29, 0.717) is 11.4 Å². The average molecular weight is 456 g/mol. The third-order valence-corrected chi connectivity index (χ3v) is 5.66. The Balaban J connectivity index is 1.49. The molecule has 0 bridgehead atoms. The van der Waals surface area contributed by atoms with Gasteiger partial charge >= 0.3 is 0 Å². The summed E-state index contributed by atoms with van der Waals surface area (Å²) in [5.74, 6) is -1.21. The normalized spacial score (nSPS) is 20.4. The van der Waals surface area contributed by atoms with Gasteiger partial charge in [-0.15, -0.1) is 0 Å². The predicted molar refractivity (Wildman–Crippen MR) is 110 cm³/mol. The van der Waals surface area contributed by atoms with E-state index in [4.69, 9.17) is 0 Å². The van der Waals surface area contributed by atoms with Crippen molar-refractivity contribution in [3.63, 3.8) is 0 Å². The molecule has 0 spiro atoms. The summed E-state index contributed by atoms with van der Waals surface area (Å²) in [4.78, 5) is 39.3. The molecular weight excluding hydrogens is 438 g/mol. The standard InChI is InChI=1S/C20H18BrN5O3/c1-11-4-3-5-15(12(11)2)22-16(27)10-25-18-17(23-24-25)19(28)26(20(18)29)14-8-6-13(21)7-9-14/h3-9,17-18H,10H2,1-2H3,(H,22,27)/t17-,18-/m0/s1. The number of rotatable bonds is 4. The molecule has 2 aliphatic rings. The van der Waals surface area contributed by atoms with E-state index in [9.17, 15) is 14.4 Å². The fourth-order valence-corrected chi connectivity index (χ4v) is 3.69. The minimum atomic E-state index is -0.931. The minimum absolute atomic E-state index is 0.175. The molecule has 0 saturated carbocycles. The Labute approximate surface area is 175 Å². The number of carbonyl (C=O) groups is 3. The summed E-state index contributed by atoms with van der Waals surface area (Å²) >= 11 is 3.33. The fourth-order valence-electron chi connectivity index (χ4n) is 3.42. The Morgan fingerprint density at radius 2 is 1.83 bits per heavy atom. The van der Waals surface area contributed by atoms with E-state index in [2.05, 4.69) is 31.6 Å². The van der Waals surface area contributed by atoms with E-state index in [1.807, 2.05) is 32.0 Å². The maximum absolute atomic E-state index is 12.9. The molecule has 0 radical (unpaired) electrons. The first-order chi connectivity index (χ1) is 13.9. The second-order valence-corrected chi connectivity index (χ2v) is 7.89. The van der Waals surface area contributed by atoms with Crippen LogP contribution in [0.4, 0.5) is 11.4 Å². The van der Waals surface area contributed by atoms with Crippen molar-refractivity contribution in [3.8, 4) is 0 Å². The molecule has 1 saturated heterocycles. The molecule has 4 rings (SSSR count). The number of carbonyl (C=O) groups excluding carboxylic acids is 3. The molecule has 29 heavy (non-hydrogen) atoms. The third kappa shape index (κ3) is 3.42. The Kier molecular flexibility index (Phi) is 4.91. The summed E-state index contributed by atoms with van der Waals surface area (Å²) in [6, 6.07) is 10.7. The topological polar surface area (TPSA) is 94.4 Å². The van der Waals surface area contributed by atoms with Crippen LogP contribution in [0.2, 0.25) is 0 Å². The number of hydrogen-bond donors (Lipinski definition) is 1. The number of nitrogens with one attached hydrogen (secondary N) is 1. The molecule has 148 valence electrons. The number of aryl methyl sites for hydroxylation is 1. The van der Waals surface area contributed by atoms with Crippen LogP contribution < -0.4 is 10.2 Å². The van der Waals surface area contributed by atoms with E-state index in [1.54, 1.807) is 24.3 Å². The zero-order chi connectivity index (χ0) is 20.7. The zero-order valence-electron chi connectivity index (χ0n) is 15.8. The number of amides is 3. The second kappa shape index (κ2) is 7.40. The van der Waals surface area contributed by atoms with Gasteiger partial charge in [0.25, 0.3) is 11.8 Å². The molecule has 2 aromatic rings. The number of halogens is 1. The number of benzene rings is 2. The van der Waals surface area contributed by atoms with Gasteiger partial charge < -0.3 is 5.32 Å². The lowest BCUT2D eigenvalue weighted by Gasteiger charge is -2.20. The van der Waals surface area contributed by atoms with E-state index >= 15 is 0 Å². The summed E-state index contributed by atoms with van der Waals surface area (Å²) < 4.78 is 0.838. The van der Waals surface area contributed by atoms with Gasteiger partial charge in [-0.2, -0.15) is 5.11 Å². The smallest absolute Gasteiger partial charge is 0.263 e. The van der Waals surface area contributed by atoms with E-state index in [0.717, 1.165) is 20.5 Å². The number of nitrogens with zero attached hydrogens (tertiary/aromatic N) is 4. The molecule has 0 unspecified atom stereocenters. The van der Waals surface area contributed by atoms with E-state index in [1.165, 1.54) is 5.01 Å². The Morgan fingerprint density at radius 3 is 2.55 bits per heavy atom. The Morgan fingerprint density at radius 1 is 1.10 bits per heavy atom. The molecule has 1 fully saturated rings. The summed E-state index contributed by atoms with van der Waals surface area (Å²) in [5, 5.41) is 12.0. The summed E-state index contributed by atoms with van der Waals surface area (Å²) in [5.41, 5.74) is 3.20. The van der Waals surface area contributed by atoms with Crippen LogP contribution in [-0.2, 0) is 14.4 Å². The molecular formula is C20H18BrN5O3. The van der Waals surface area contributed by atoms with Crippen molar-refractivity contribution < 1.29 is 14.4 Å².